The Bertz CT molecular complexity index is 211. The molecule has 1 saturated heterocycles. The summed E-state index contributed by atoms with van der Waals surface area (Å²) < 4.78 is 18.2. The molecule has 0 bridgehead atoms. The molecule has 0 radical (unpaired) electrons. The fourth-order valence-electron chi connectivity index (χ4n) is 0.646. The smallest absolute Gasteiger partial charge is 0.180 e. The van der Waals surface area contributed by atoms with Crippen molar-refractivity contribution in [2.24, 2.45) is 0 Å². The number of oxazole rings is 1. The highest BCUT2D eigenvalue weighted by Crippen LogP contribution is 1.85. The van der Waals surface area contributed by atoms with Crippen LogP contribution in [0, 0.1) is 0 Å². The Hall–Kier alpha value is -1.66. The van der Waals surface area contributed by atoms with Gasteiger partial charge in [-0.1, -0.05) is 5.16 Å². The second-order valence-corrected chi connectivity index (χ2v) is 2.30. The van der Waals surface area contributed by atoms with Crippen molar-refractivity contribution in [1.29, 1.82) is 0 Å². The lowest BCUT2D eigenvalue weighted by molar-refractivity contribution is 0.0692. The third-order valence-electron chi connectivity index (χ3n) is 1.23. The Morgan fingerprint density at radius 2 is 1.87 bits per heavy atom. The highest BCUT2D eigenvalue weighted by Gasteiger charge is 1.93. The van der Waals surface area contributed by atoms with E-state index in [1.807, 2.05) is 0 Å². The Balaban J connectivity index is 0.000000112. The first-order chi connectivity index (χ1) is 7.50. The van der Waals surface area contributed by atoms with E-state index in [4.69, 9.17) is 9.47 Å². The van der Waals surface area contributed by atoms with Crippen molar-refractivity contribution in [3.8, 4) is 0 Å². The average molecular weight is 212 g/mol. The number of rotatable bonds is 0. The summed E-state index contributed by atoms with van der Waals surface area (Å²) in [5.74, 6) is 0. The van der Waals surface area contributed by atoms with Crippen molar-refractivity contribution in [2.45, 2.75) is 0 Å². The van der Waals surface area contributed by atoms with Crippen LogP contribution in [0.15, 0.2) is 46.3 Å². The molecule has 2 aromatic rings. The fraction of sp³-hybridized carbons (Fsp3) is 0.333. The van der Waals surface area contributed by atoms with Crippen LogP contribution >= 0.6 is 0 Å². The van der Waals surface area contributed by atoms with Gasteiger partial charge in [0.2, 0.25) is 0 Å². The van der Waals surface area contributed by atoms with Crippen molar-refractivity contribution in [3.05, 3.63) is 37.4 Å². The van der Waals surface area contributed by atoms with Crippen molar-refractivity contribution < 1.29 is 18.4 Å². The standard InChI is InChI=1S/2C3H3NO.C3H6O2/c1-2-5-3-4-1;1-2-4-5-3-1;1-2-5-3-4-1/h2*1-3H;1-3H2. The SMILES string of the molecule is C1COCO1.c1cnoc1.c1cocn1. The van der Waals surface area contributed by atoms with Gasteiger partial charge in [-0.15, -0.1) is 0 Å². The van der Waals surface area contributed by atoms with E-state index in [1.54, 1.807) is 18.5 Å². The molecule has 1 aliphatic heterocycles. The molecular formula is C9H12N2O4. The topological polar surface area (TPSA) is 70.5 Å². The molecule has 0 N–H and O–H groups in total. The fourth-order valence-corrected chi connectivity index (χ4v) is 0.646. The van der Waals surface area contributed by atoms with Gasteiger partial charge in [0.1, 0.15) is 19.3 Å². The summed E-state index contributed by atoms with van der Waals surface area (Å²) in [6, 6.07) is 1.72. The minimum atomic E-state index is 0.500. The molecule has 0 aromatic carbocycles. The number of hydrogen-bond donors (Lipinski definition) is 0. The monoisotopic (exact) mass is 212 g/mol. The molecule has 15 heavy (non-hydrogen) atoms. The van der Waals surface area contributed by atoms with Crippen LogP contribution in [0.1, 0.15) is 0 Å². The van der Waals surface area contributed by atoms with Crippen LogP contribution in [0.3, 0.4) is 0 Å². The van der Waals surface area contributed by atoms with Crippen molar-refractivity contribution in [2.75, 3.05) is 20.0 Å². The van der Waals surface area contributed by atoms with Gasteiger partial charge in [0.25, 0.3) is 0 Å². The predicted molar refractivity (Wildman–Crippen MR) is 49.8 cm³/mol. The number of nitrogens with zero attached hydrogens (tertiary/aromatic N) is 2. The van der Waals surface area contributed by atoms with Crippen LogP contribution < -0.4 is 0 Å². The van der Waals surface area contributed by atoms with Gasteiger partial charge in [-0.3, -0.25) is 0 Å². The van der Waals surface area contributed by atoms with E-state index in [2.05, 4.69) is 19.1 Å². The van der Waals surface area contributed by atoms with Gasteiger partial charge in [-0.25, -0.2) is 4.98 Å². The summed E-state index contributed by atoms with van der Waals surface area (Å²) in [6.45, 7) is 2.06. The summed E-state index contributed by atoms with van der Waals surface area (Å²) in [6.07, 6.45) is 7.57. The molecule has 0 amide bonds. The molecule has 82 valence electrons. The molecule has 0 aliphatic carbocycles. The highest BCUT2D eigenvalue weighted by atomic mass is 16.7. The third kappa shape index (κ3) is 7.41. The molecule has 3 rings (SSSR count). The van der Waals surface area contributed by atoms with E-state index in [-0.39, 0.29) is 0 Å². The van der Waals surface area contributed by atoms with Crippen molar-refractivity contribution >= 4 is 0 Å². The van der Waals surface area contributed by atoms with Crippen LogP contribution in [0.2, 0.25) is 0 Å². The van der Waals surface area contributed by atoms with Crippen molar-refractivity contribution in [1.82, 2.24) is 10.1 Å². The number of ether oxygens (including phenoxy) is 2. The first-order valence-electron chi connectivity index (χ1n) is 4.32. The molecule has 6 heteroatoms. The van der Waals surface area contributed by atoms with E-state index >= 15 is 0 Å². The summed E-state index contributed by atoms with van der Waals surface area (Å²) in [7, 11) is 0. The average Bonchev–Trinajstić information content (AvgIpc) is 3.09. The molecule has 2 aromatic heterocycles. The van der Waals surface area contributed by atoms with Gasteiger partial charge in [0.15, 0.2) is 6.39 Å². The van der Waals surface area contributed by atoms with Gasteiger partial charge < -0.3 is 18.4 Å². The summed E-state index contributed by atoms with van der Waals surface area (Å²) in [5.41, 5.74) is 0. The second-order valence-electron chi connectivity index (χ2n) is 2.30. The third-order valence-corrected chi connectivity index (χ3v) is 1.23. The Morgan fingerprint density at radius 3 is 2.07 bits per heavy atom. The summed E-state index contributed by atoms with van der Waals surface area (Å²) in [5, 5.41) is 3.35. The minimum absolute atomic E-state index is 0.500. The Morgan fingerprint density at radius 1 is 1.00 bits per heavy atom. The Kier molecular flexibility index (Phi) is 6.79. The van der Waals surface area contributed by atoms with Gasteiger partial charge in [0, 0.05) is 0 Å². The van der Waals surface area contributed by atoms with E-state index in [1.165, 1.54) is 18.9 Å². The second kappa shape index (κ2) is 8.92. The maximum absolute atomic E-state index is 4.72. The van der Waals surface area contributed by atoms with Crippen LogP contribution in [-0.2, 0) is 9.47 Å². The van der Waals surface area contributed by atoms with E-state index in [9.17, 15) is 0 Å². The largest absolute Gasteiger partial charge is 0.452 e. The lowest BCUT2D eigenvalue weighted by Crippen LogP contribution is -1.79. The molecule has 3 heterocycles. The maximum Gasteiger partial charge on any atom is 0.180 e. The number of aromatic nitrogens is 2. The summed E-state index contributed by atoms with van der Waals surface area (Å²) in [4.78, 5) is 3.56. The summed E-state index contributed by atoms with van der Waals surface area (Å²) >= 11 is 0. The van der Waals surface area contributed by atoms with Gasteiger partial charge >= 0.3 is 0 Å². The molecule has 6 nitrogen and oxygen atoms in total. The van der Waals surface area contributed by atoms with E-state index in [0.717, 1.165) is 13.2 Å². The first-order valence-corrected chi connectivity index (χ1v) is 4.32. The van der Waals surface area contributed by atoms with Crippen LogP contribution in [-0.4, -0.2) is 30.1 Å². The quantitative estimate of drug-likeness (QED) is 0.656. The van der Waals surface area contributed by atoms with Gasteiger partial charge in [-0.05, 0) is 6.07 Å². The molecule has 1 aliphatic rings. The Labute approximate surface area is 86.8 Å². The molecule has 0 atom stereocenters. The lowest BCUT2D eigenvalue weighted by atomic mass is 10.8. The van der Waals surface area contributed by atoms with Crippen LogP contribution in [0.25, 0.3) is 0 Å². The highest BCUT2D eigenvalue weighted by molar-refractivity contribution is 4.67. The number of hydrogen-bond acceptors (Lipinski definition) is 6. The van der Waals surface area contributed by atoms with Gasteiger partial charge in [0.05, 0.1) is 25.6 Å². The zero-order chi connectivity index (χ0) is 10.6. The zero-order valence-electron chi connectivity index (χ0n) is 8.11. The van der Waals surface area contributed by atoms with Crippen LogP contribution in [0.4, 0.5) is 0 Å². The van der Waals surface area contributed by atoms with Gasteiger partial charge in [-0.2, -0.15) is 0 Å². The van der Waals surface area contributed by atoms with Crippen LogP contribution in [0.5, 0.6) is 0 Å². The zero-order valence-corrected chi connectivity index (χ0v) is 8.11. The predicted octanol–water partition coefficient (Wildman–Crippen LogP) is 1.34. The minimum Gasteiger partial charge on any atom is -0.452 e. The molecular weight excluding hydrogens is 200 g/mol. The lowest BCUT2D eigenvalue weighted by Gasteiger charge is -1.76. The first kappa shape index (κ1) is 11.4. The normalized spacial score (nSPS) is 13.3. The van der Waals surface area contributed by atoms with Crippen molar-refractivity contribution in [3.63, 3.8) is 0 Å². The van der Waals surface area contributed by atoms with E-state index < -0.39 is 0 Å². The molecule has 0 unspecified atom stereocenters. The molecule has 1 fully saturated rings. The molecule has 0 saturated carbocycles. The molecule has 0 spiro atoms. The maximum atomic E-state index is 4.72. The van der Waals surface area contributed by atoms with E-state index in [0.29, 0.717) is 6.79 Å².